The number of carbonyl (C=O) groups excluding carboxylic acids is 1. The zero-order valence-electron chi connectivity index (χ0n) is 16.1. The SMILES string of the molecule is Cc1cc2nc(-c3cc4n(n3)CCN(C(=O)c3ccc(=O)[nH]n3)C4)[nH]c2cc1C. The van der Waals surface area contributed by atoms with Crippen molar-refractivity contribution in [3.05, 3.63) is 63.2 Å². The molecule has 0 saturated carbocycles. The number of hydrogen-bond acceptors (Lipinski definition) is 5. The number of H-pyrrole nitrogens is 2. The maximum atomic E-state index is 12.7. The number of aryl methyl sites for hydroxylation is 2. The molecule has 1 aliphatic rings. The molecule has 29 heavy (non-hydrogen) atoms. The Morgan fingerprint density at radius 3 is 2.72 bits per heavy atom. The molecule has 0 radical (unpaired) electrons. The van der Waals surface area contributed by atoms with Gasteiger partial charge in [0.25, 0.3) is 11.5 Å². The molecule has 9 heteroatoms. The second-order valence-electron chi connectivity index (χ2n) is 7.32. The highest BCUT2D eigenvalue weighted by Crippen LogP contribution is 2.24. The van der Waals surface area contributed by atoms with Crippen LogP contribution in [-0.2, 0) is 13.1 Å². The molecule has 0 unspecified atom stereocenters. The molecule has 1 amide bonds. The number of carbonyl (C=O) groups is 1. The number of imidazole rings is 1. The first kappa shape index (κ1) is 17.4. The average molecular weight is 389 g/mol. The normalized spacial score (nSPS) is 13.7. The maximum absolute atomic E-state index is 12.7. The zero-order valence-corrected chi connectivity index (χ0v) is 16.1. The fourth-order valence-electron chi connectivity index (χ4n) is 3.57. The fourth-order valence-corrected chi connectivity index (χ4v) is 3.57. The molecular weight excluding hydrogens is 370 g/mol. The summed E-state index contributed by atoms with van der Waals surface area (Å²) in [5, 5.41) is 10.8. The first-order chi connectivity index (χ1) is 14.0. The van der Waals surface area contributed by atoms with E-state index in [4.69, 9.17) is 0 Å². The van der Waals surface area contributed by atoms with Crippen LogP contribution < -0.4 is 5.56 Å². The van der Waals surface area contributed by atoms with Crippen molar-refractivity contribution in [2.45, 2.75) is 26.9 Å². The summed E-state index contributed by atoms with van der Waals surface area (Å²) in [6.07, 6.45) is 0. The van der Waals surface area contributed by atoms with E-state index in [0.29, 0.717) is 25.5 Å². The quantitative estimate of drug-likeness (QED) is 0.543. The van der Waals surface area contributed by atoms with Crippen molar-refractivity contribution in [3.63, 3.8) is 0 Å². The summed E-state index contributed by atoms with van der Waals surface area (Å²) in [5.41, 5.74) is 5.87. The summed E-state index contributed by atoms with van der Waals surface area (Å²) < 4.78 is 1.91. The highest BCUT2D eigenvalue weighted by Gasteiger charge is 2.25. The van der Waals surface area contributed by atoms with Crippen LogP contribution in [0.2, 0.25) is 0 Å². The maximum Gasteiger partial charge on any atom is 0.274 e. The fraction of sp³-hybridized carbons (Fsp3) is 0.250. The molecule has 3 aromatic heterocycles. The van der Waals surface area contributed by atoms with Gasteiger partial charge in [0.1, 0.15) is 11.4 Å². The van der Waals surface area contributed by atoms with Crippen LogP contribution in [0.5, 0.6) is 0 Å². The predicted octanol–water partition coefficient (Wildman–Crippen LogP) is 1.78. The third kappa shape index (κ3) is 3.00. The molecular formula is C20H19N7O2. The van der Waals surface area contributed by atoms with Gasteiger partial charge in [0.2, 0.25) is 0 Å². The number of rotatable bonds is 2. The number of aromatic nitrogens is 6. The molecule has 0 bridgehead atoms. The minimum absolute atomic E-state index is 0.218. The number of hydrogen-bond donors (Lipinski definition) is 2. The van der Waals surface area contributed by atoms with Gasteiger partial charge in [-0.05, 0) is 49.2 Å². The van der Waals surface area contributed by atoms with Crippen LogP contribution >= 0.6 is 0 Å². The number of fused-ring (bicyclic) bond motifs is 2. The van der Waals surface area contributed by atoms with Crippen molar-refractivity contribution in [1.82, 2.24) is 34.8 Å². The van der Waals surface area contributed by atoms with Crippen molar-refractivity contribution >= 4 is 16.9 Å². The van der Waals surface area contributed by atoms with E-state index in [-0.39, 0.29) is 17.2 Å². The molecule has 2 N–H and O–H groups in total. The summed E-state index contributed by atoms with van der Waals surface area (Å²) in [5.74, 6) is 0.497. The van der Waals surface area contributed by atoms with Gasteiger partial charge >= 0.3 is 0 Å². The summed E-state index contributed by atoms with van der Waals surface area (Å²) in [4.78, 5) is 33.6. The molecule has 4 heterocycles. The van der Waals surface area contributed by atoms with E-state index in [1.165, 1.54) is 23.3 Å². The number of amides is 1. The van der Waals surface area contributed by atoms with Gasteiger partial charge in [-0.15, -0.1) is 0 Å². The molecule has 9 nitrogen and oxygen atoms in total. The summed E-state index contributed by atoms with van der Waals surface area (Å²) in [6, 6.07) is 8.86. The Hall–Kier alpha value is -3.75. The Labute approximate surface area is 165 Å². The molecule has 1 aromatic carbocycles. The van der Waals surface area contributed by atoms with Crippen molar-refractivity contribution in [1.29, 1.82) is 0 Å². The Morgan fingerprint density at radius 1 is 1.10 bits per heavy atom. The van der Waals surface area contributed by atoms with Gasteiger partial charge in [-0.3, -0.25) is 14.3 Å². The number of nitrogens with one attached hydrogen (secondary N) is 2. The molecule has 0 fully saturated rings. The van der Waals surface area contributed by atoms with Crippen LogP contribution in [0.1, 0.15) is 27.3 Å². The first-order valence-electron chi connectivity index (χ1n) is 9.37. The molecule has 0 spiro atoms. The zero-order chi connectivity index (χ0) is 20.1. The second kappa shape index (κ2) is 6.40. The third-order valence-electron chi connectivity index (χ3n) is 5.32. The van der Waals surface area contributed by atoms with Crippen molar-refractivity contribution in [3.8, 4) is 11.5 Å². The lowest BCUT2D eigenvalue weighted by molar-refractivity contribution is 0.0699. The number of benzene rings is 1. The lowest BCUT2D eigenvalue weighted by atomic mass is 10.1. The van der Waals surface area contributed by atoms with E-state index in [1.807, 2.05) is 10.7 Å². The van der Waals surface area contributed by atoms with E-state index in [2.05, 4.69) is 51.2 Å². The first-order valence-corrected chi connectivity index (χ1v) is 9.37. The Bertz CT molecular complexity index is 1250. The molecule has 0 atom stereocenters. The Balaban J connectivity index is 1.43. The van der Waals surface area contributed by atoms with E-state index in [1.54, 1.807) is 4.90 Å². The minimum Gasteiger partial charge on any atom is -0.337 e. The van der Waals surface area contributed by atoms with E-state index < -0.39 is 0 Å². The van der Waals surface area contributed by atoms with Crippen molar-refractivity contribution in [2.75, 3.05) is 6.54 Å². The minimum atomic E-state index is -0.334. The average Bonchev–Trinajstić information content (AvgIpc) is 3.31. The van der Waals surface area contributed by atoms with Gasteiger partial charge in [-0.25, -0.2) is 10.1 Å². The highest BCUT2D eigenvalue weighted by atomic mass is 16.2. The molecule has 146 valence electrons. The number of nitrogens with zero attached hydrogens (tertiary/aromatic N) is 5. The Kier molecular flexibility index (Phi) is 3.83. The summed E-state index contributed by atoms with van der Waals surface area (Å²) in [6.45, 7) is 5.68. The highest BCUT2D eigenvalue weighted by molar-refractivity contribution is 5.92. The van der Waals surface area contributed by atoms with Gasteiger partial charge in [0, 0.05) is 12.6 Å². The Morgan fingerprint density at radius 2 is 1.93 bits per heavy atom. The molecule has 4 aromatic rings. The molecule has 0 aliphatic carbocycles. The smallest absolute Gasteiger partial charge is 0.274 e. The number of aromatic amines is 2. The van der Waals surface area contributed by atoms with Crippen LogP contribution in [0, 0.1) is 13.8 Å². The monoisotopic (exact) mass is 389 g/mol. The van der Waals surface area contributed by atoms with Crippen LogP contribution in [0.4, 0.5) is 0 Å². The molecule has 1 aliphatic heterocycles. The van der Waals surface area contributed by atoms with Gasteiger partial charge in [0.05, 0.1) is 29.8 Å². The van der Waals surface area contributed by atoms with Gasteiger partial charge in [0.15, 0.2) is 5.82 Å². The molecule has 5 rings (SSSR count). The van der Waals surface area contributed by atoms with Crippen LogP contribution in [0.3, 0.4) is 0 Å². The van der Waals surface area contributed by atoms with Crippen LogP contribution in [0.15, 0.2) is 35.1 Å². The lowest BCUT2D eigenvalue weighted by Gasteiger charge is -2.27. The predicted molar refractivity (Wildman–Crippen MR) is 106 cm³/mol. The lowest BCUT2D eigenvalue weighted by Crippen LogP contribution is -2.39. The van der Waals surface area contributed by atoms with Crippen molar-refractivity contribution < 1.29 is 4.79 Å². The molecule has 0 saturated heterocycles. The van der Waals surface area contributed by atoms with Gasteiger partial charge in [-0.2, -0.15) is 10.2 Å². The van der Waals surface area contributed by atoms with E-state index in [0.717, 1.165) is 22.4 Å². The van der Waals surface area contributed by atoms with Crippen molar-refractivity contribution in [2.24, 2.45) is 0 Å². The summed E-state index contributed by atoms with van der Waals surface area (Å²) in [7, 11) is 0. The van der Waals surface area contributed by atoms with Gasteiger partial charge in [-0.1, -0.05) is 0 Å². The third-order valence-corrected chi connectivity index (χ3v) is 5.32. The van der Waals surface area contributed by atoms with E-state index in [9.17, 15) is 9.59 Å². The largest absolute Gasteiger partial charge is 0.337 e. The van der Waals surface area contributed by atoms with Crippen LogP contribution in [0.25, 0.3) is 22.6 Å². The topological polar surface area (TPSA) is 113 Å². The van der Waals surface area contributed by atoms with E-state index >= 15 is 0 Å². The van der Waals surface area contributed by atoms with Crippen LogP contribution in [-0.4, -0.2) is 47.3 Å². The second-order valence-corrected chi connectivity index (χ2v) is 7.32. The van der Waals surface area contributed by atoms with Gasteiger partial charge < -0.3 is 9.88 Å². The standard InChI is InChI=1S/C20H19N7O2/c1-11-7-15-16(8-12(11)2)22-19(21-15)17-9-13-10-26(5-6-27(13)25-17)20(29)14-3-4-18(28)24-23-14/h3-4,7-9H,5-6,10H2,1-2H3,(H,21,22)(H,24,28). The summed E-state index contributed by atoms with van der Waals surface area (Å²) >= 11 is 0.